The number of esters is 1. The fourth-order valence-electron chi connectivity index (χ4n) is 2.28. The first-order valence-electron chi connectivity index (χ1n) is 8.39. The lowest BCUT2D eigenvalue weighted by molar-refractivity contribution is -0.137. The van der Waals surface area contributed by atoms with Crippen LogP contribution in [0.4, 0.5) is 0 Å². The van der Waals surface area contributed by atoms with Crippen molar-refractivity contribution in [1.29, 1.82) is 5.26 Å². The number of methoxy groups -OCH3 is 1. The van der Waals surface area contributed by atoms with Gasteiger partial charge in [0.15, 0.2) is 11.5 Å². The van der Waals surface area contributed by atoms with Gasteiger partial charge in [0.25, 0.3) is 0 Å². The van der Waals surface area contributed by atoms with Crippen LogP contribution in [0.2, 0.25) is 0 Å². The lowest BCUT2D eigenvalue weighted by Gasteiger charge is -2.13. The van der Waals surface area contributed by atoms with Gasteiger partial charge in [-0.3, -0.25) is 0 Å². The van der Waals surface area contributed by atoms with Gasteiger partial charge in [-0.1, -0.05) is 17.7 Å². The Hall–Kier alpha value is -2.58. The minimum absolute atomic E-state index is 0.0130. The summed E-state index contributed by atoms with van der Waals surface area (Å²) in [6, 6.07) is 11.1. The largest absolute Gasteiger partial charge is 0.493 e. The summed E-state index contributed by atoms with van der Waals surface area (Å²) in [5, 5.41) is 9.18. The average molecular weight is 527 g/mol. The zero-order valence-electron chi connectivity index (χ0n) is 15.9. The normalized spacial score (nSPS) is 11.5. The van der Waals surface area contributed by atoms with E-state index < -0.39 is 16.1 Å². The molecule has 0 radical (unpaired) electrons. The predicted octanol–water partition coefficient (Wildman–Crippen LogP) is 3.85. The summed E-state index contributed by atoms with van der Waals surface area (Å²) >= 11 is 1.89. The van der Waals surface area contributed by atoms with E-state index in [1.165, 1.54) is 31.4 Å². The van der Waals surface area contributed by atoms with Crippen molar-refractivity contribution < 1.29 is 26.9 Å². The van der Waals surface area contributed by atoms with Gasteiger partial charge in [0.2, 0.25) is 0 Å². The van der Waals surface area contributed by atoms with Crippen LogP contribution in [0.5, 0.6) is 11.5 Å². The summed E-state index contributed by atoms with van der Waals surface area (Å²) in [7, 11) is -2.71. The smallest absolute Gasteiger partial charge is 0.348 e. The van der Waals surface area contributed by atoms with E-state index in [0.717, 1.165) is 5.56 Å². The lowest BCUT2D eigenvalue weighted by Crippen LogP contribution is -2.11. The number of nitriles is 1. The molecule has 0 unspecified atom stereocenters. The Kier molecular flexibility index (Phi) is 7.64. The fraction of sp³-hybridized carbons (Fsp3) is 0.200. The van der Waals surface area contributed by atoms with Crippen molar-refractivity contribution in [2.24, 2.45) is 0 Å². The molecule has 29 heavy (non-hydrogen) atoms. The molecular weight excluding hydrogens is 509 g/mol. The molecule has 7 nitrogen and oxygen atoms in total. The van der Waals surface area contributed by atoms with E-state index in [-0.39, 0.29) is 28.6 Å². The number of hydrogen-bond donors (Lipinski definition) is 0. The molecule has 2 rings (SSSR count). The van der Waals surface area contributed by atoms with Gasteiger partial charge in [-0.05, 0) is 72.3 Å². The number of ether oxygens (including phenoxy) is 2. The number of nitrogens with zero attached hydrogens (tertiary/aromatic N) is 1. The fourth-order valence-corrected chi connectivity index (χ4v) is 4.12. The Morgan fingerprint density at radius 1 is 1.24 bits per heavy atom. The number of aryl methyl sites for hydroxylation is 1. The minimum atomic E-state index is -4.07. The van der Waals surface area contributed by atoms with E-state index >= 15 is 0 Å². The third kappa shape index (κ3) is 5.71. The highest BCUT2D eigenvalue weighted by molar-refractivity contribution is 14.1. The first kappa shape index (κ1) is 22.7. The van der Waals surface area contributed by atoms with Crippen LogP contribution >= 0.6 is 22.6 Å². The molecule has 0 bridgehead atoms. The van der Waals surface area contributed by atoms with Crippen molar-refractivity contribution in [3.63, 3.8) is 0 Å². The van der Waals surface area contributed by atoms with Gasteiger partial charge in [-0.15, -0.1) is 0 Å². The maximum atomic E-state index is 12.6. The van der Waals surface area contributed by atoms with Gasteiger partial charge in [0, 0.05) is 0 Å². The molecule has 0 aliphatic rings. The summed E-state index contributed by atoms with van der Waals surface area (Å²) in [6.45, 7) is 3.63. The highest BCUT2D eigenvalue weighted by Crippen LogP contribution is 2.36. The second-order valence-corrected chi connectivity index (χ2v) is 8.48. The van der Waals surface area contributed by atoms with Crippen LogP contribution < -0.4 is 8.92 Å². The number of rotatable bonds is 7. The molecule has 9 heteroatoms. The molecule has 0 atom stereocenters. The standard InChI is InChI=1S/C20H18INO6S/c1-4-27-20(23)15(12-22)9-14-10-17(21)19(18(11-14)26-3)28-29(24,25)16-7-5-13(2)6-8-16/h5-11H,4H2,1-3H3/b15-9+. The molecule has 0 fully saturated rings. The predicted molar refractivity (Wildman–Crippen MR) is 115 cm³/mol. The number of hydrogen-bond acceptors (Lipinski definition) is 7. The van der Waals surface area contributed by atoms with Gasteiger partial charge < -0.3 is 13.7 Å². The van der Waals surface area contributed by atoms with Crippen molar-refractivity contribution in [3.8, 4) is 17.6 Å². The number of benzene rings is 2. The molecule has 0 saturated carbocycles. The second kappa shape index (κ2) is 9.76. The van der Waals surface area contributed by atoms with E-state index in [1.807, 2.05) is 29.5 Å². The van der Waals surface area contributed by atoms with Gasteiger partial charge in [-0.25, -0.2) is 4.79 Å². The Labute approximate surface area is 183 Å². The zero-order valence-corrected chi connectivity index (χ0v) is 18.9. The van der Waals surface area contributed by atoms with Crippen molar-refractivity contribution in [1.82, 2.24) is 0 Å². The lowest BCUT2D eigenvalue weighted by atomic mass is 10.1. The van der Waals surface area contributed by atoms with Crippen LogP contribution in [0.3, 0.4) is 0 Å². The minimum Gasteiger partial charge on any atom is -0.493 e. The molecule has 2 aromatic rings. The van der Waals surface area contributed by atoms with Gasteiger partial charge in [0.05, 0.1) is 17.3 Å². The molecule has 0 heterocycles. The van der Waals surface area contributed by atoms with E-state index in [1.54, 1.807) is 31.2 Å². The third-order valence-corrected chi connectivity index (χ3v) is 5.72. The van der Waals surface area contributed by atoms with Gasteiger partial charge in [-0.2, -0.15) is 13.7 Å². The van der Waals surface area contributed by atoms with Crippen molar-refractivity contribution in [2.45, 2.75) is 18.7 Å². The Morgan fingerprint density at radius 3 is 2.45 bits per heavy atom. The Balaban J connectivity index is 2.44. The number of carbonyl (C=O) groups excluding carboxylic acids is 1. The first-order valence-corrected chi connectivity index (χ1v) is 10.9. The summed E-state index contributed by atoms with van der Waals surface area (Å²) < 4.78 is 41.1. The van der Waals surface area contributed by atoms with Crippen LogP contribution in [-0.4, -0.2) is 28.1 Å². The van der Waals surface area contributed by atoms with E-state index in [0.29, 0.717) is 9.13 Å². The van der Waals surface area contributed by atoms with Crippen LogP contribution in [0.25, 0.3) is 6.08 Å². The van der Waals surface area contributed by atoms with Gasteiger partial charge >= 0.3 is 16.1 Å². The molecule has 152 valence electrons. The number of carbonyl (C=O) groups is 1. The van der Waals surface area contributed by atoms with Crippen LogP contribution in [-0.2, 0) is 19.6 Å². The average Bonchev–Trinajstić information content (AvgIpc) is 2.68. The molecule has 2 aromatic carbocycles. The maximum absolute atomic E-state index is 12.6. The Morgan fingerprint density at radius 2 is 1.90 bits per heavy atom. The van der Waals surface area contributed by atoms with E-state index in [2.05, 4.69) is 0 Å². The highest BCUT2D eigenvalue weighted by Gasteiger charge is 2.22. The molecule has 0 N–H and O–H groups in total. The van der Waals surface area contributed by atoms with Crippen LogP contribution in [0.1, 0.15) is 18.1 Å². The van der Waals surface area contributed by atoms with E-state index in [4.69, 9.17) is 13.7 Å². The monoisotopic (exact) mass is 527 g/mol. The molecule has 0 saturated heterocycles. The molecule has 0 amide bonds. The first-order chi connectivity index (χ1) is 13.7. The van der Waals surface area contributed by atoms with Crippen molar-refractivity contribution in [2.75, 3.05) is 13.7 Å². The van der Waals surface area contributed by atoms with Crippen molar-refractivity contribution >= 4 is 44.8 Å². The van der Waals surface area contributed by atoms with Crippen molar-refractivity contribution in [3.05, 3.63) is 56.7 Å². The molecule has 0 spiro atoms. The van der Waals surface area contributed by atoms with Crippen LogP contribution in [0.15, 0.2) is 46.9 Å². The molecular formula is C20H18INO6S. The maximum Gasteiger partial charge on any atom is 0.348 e. The molecule has 0 aromatic heterocycles. The summed E-state index contributed by atoms with van der Waals surface area (Å²) in [6.07, 6.45) is 1.33. The molecule has 0 aliphatic heterocycles. The zero-order chi connectivity index (χ0) is 21.6. The summed E-state index contributed by atoms with van der Waals surface area (Å²) in [5.41, 5.74) is 1.18. The van der Waals surface area contributed by atoms with E-state index in [9.17, 15) is 18.5 Å². The third-order valence-electron chi connectivity index (χ3n) is 3.68. The topological polar surface area (TPSA) is 103 Å². The quantitative estimate of drug-likeness (QED) is 0.177. The SMILES string of the molecule is CCOC(=O)/C(C#N)=C/c1cc(I)c(OS(=O)(=O)c2ccc(C)cc2)c(OC)c1. The second-order valence-electron chi connectivity index (χ2n) is 5.77. The Bertz CT molecular complexity index is 1090. The number of halogens is 1. The molecule has 0 aliphatic carbocycles. The summed E-state index contributed by atoms with van der Waals surface area (Å²) in [4.78, 5) is 11.8. The van der Waals surface area contributed by atoms with Crippen LogP contribution in [0, 0.1) is 21.8 Å². The summed E-state index contributed by atoms with van der Waals surface area (Å²) in [5.74, 6) is -0.591. The highest BCUT2D eigenvalue weighted by atomic mass is 127. The van der Waals surface area contributed by atoms with Gasteiger partial charge in [0.1, 0.15) is 16.5 Å².